The lowest BCUT2D eigenvalue weighted by atomic mass is 10.2. The Kier molecular flexibility index (Phi) is 4.78. The van der Waals surface area contributed by atoms with Crippen LogP contribution in [0.5, 0.6) is 0 Å². The Morgan fingerprint density at radius 2 is 1.95 bits per heavy atom. The monoisotopic (exact) mass is 348 g/mol. The lowest BCUT2D eigenvalue weighted by Gasteiger charge is -2.15. The molecule has 1 aliphatic carbocycles. The van der Waals surface area contributed by atoms with Crippen molar-refractivity contribution in [2.45, 2.75) is 38.5 Å². The molecule has 1 aliphatic rings. The van der Waals surface area contributed by atoms with Gasteiger partial charge in [-0.3, -0.25) is 4.90 Å². The van der Waals surface area contributed by atoms with Crippen molar-refractivity contribution in [3.8, 4) is 0 Å². The Morgan fingerprint density at radius 1 is 1.19 bits per heavy atom. The largest absolute Gasteiger partial charge is 0.468 e. The highest BCUT2D eigenvalue weighted by Crippen LogP contribution is 2.20. The second kappa shape index (κ2) is 6.77. The third kappa shape index (κ3) is 4.70. The molecule has 1 aromatic carbocycles. The van der Waals surface area contributed by atoms with E-state index in [1.165, 1.54) is 24.0 Å². The Labute approximate surface area is 134 Å². The number of hydrogen-bond acceptors (Lipinski definition) is 3. The molecular weight excluding hydrogens is 328 g/mol. The fourth-order valence-corrected chi connectivity index (χ4v) is 2.64. The van der Waals surface area contributed by atoms with Crippen molar-refractivity contribution in [2.75, 3.05) is 7.05 Å². The fraction of sp³-hybridized carbons (Fsp3) is 0.412. The molecule has 21 heavy (non-hydrogen) atoms. The summed E-state index contributed by atoms with van der Waals surface area (Å²) in [5, 5.41) is 3.51. The quantitative estimate of drug-likeness (QED) is 0.821. The van der Waals surface area contributed by atoms with E-state index >= 15 is 0 Å². The van der Waals surface area contributed by atoms with Crippen LogP contribution in [-0.4, -0.2) is 18.0 Å². The molecule has 0 amide bonds. The number of rotatable bonds is 7. The van der Waals surface area contributed by atoms with Crippen molar-refractivity contribution >= 4 is 15.9 Å². The van der Waals surface area contributed by atoms with Gasteiger partial charge < -0.3 is 9.73 Å². The maximum Gasteiger partial charge on any atom is 0.118 e. The van der Waals surface area contributed by atoms with Gasteiger partial charge in [0, 0.05) is 29.2 Å². The molecule has 1 N–H and O–H groups in total. The summed E-state index contributed by atoms with van der Waals surface area (Å²) < 4.78 is 6.77. The van der Waals surface area contributed by atoms with Crippen LogP contribution in [0.15, 0.2) is 45.5 Å². The molecule has 0 aliphatic heterocycles. The smallest absolute Gasteiger partial charge is 0.118 e. The van der Waals surface area contributed by atoms with Crippen molar-refractivity contribution in [1.82, 2.24) is 10.2 Å². The van der Waals surface area contributed by atoms with Crippen molar-refractivity contribution in [2.24, 2.45) is 0 Å². The Bertz CT molecular complexity index is 575. The molecule has 0 bridgehead atoms. The van der Waals surface area contributed by atoms with E-state index in [4.69, 9.17) is 4.42 Å². The SMILES string of the molecule is CN(Cc1ccc(Br)cc1)Cc1cc(CNC2CC2)co1. The van der Waals surface area contributed by atoms with Gasteiger partial charge in [-0.1, -0.05) is 28.1 Å². The summed E-state index contributed by atoms with van der Waals surface area (Å²) in [4.78, 5) is 2.26. The van der Waals surface area contributed by atoms with Gasteiger partial charge in [0.15, 0.2) is 0 Å². The first-order valence-corrected chi connectivity index (χ1v) is 8.21. The number of halogens is 1. The van der Waals surface area contributed by atoms with E-state index in [9.17, 15) is 0 Å². The van der Waals surface area contributed by atoms with Gasteiger partial charge in [0.05, 0.1) is 12.8 Å². The molecule has 1 heterocycles. The van der Waals surface area contributed by atoms with Gasteiger partial charge in [-0.15, -0.1) is 0 Å². The molecule has 4 heteroatoms. The summed E-state index contributed by atoms with van der Waals surface area (Å²) in [6.07, 6.45) is 4.51. The summed E-state index contributed by atoms with van der Waals surface area (Å²) >= 11 is 3.46. The lowest BCUT2D eigenvalue weighted by molar-refractivity contribution is 0.288. The molecule has 0 unspecified atom stereocenters. The van der Waals surface area contributed by atoms with Crippen LogP contribution in [0.4, 0.5) is 0 Å². The molecule has 0 saturated heterocycles. The van der Waals surface area contributed by atoms with E-state index in [-0.39, 0.29) is 0 Å². The zero-order valence-electron chi connectivity index (χ0n) is 12.3. The van der Waals surface area contributed by atoms with Crippen LogP contribution in [0.1, 0.15) is 29.7 Å². The highest BCUT2D eigenvalue weighted by Gasteiger charge is 2.20. The summed E-state index contributed by atoms with van der Waals surface area (Å²) in [7, 11) is 2.12. The third-order valence-corrected chi connectivity index (χ3v) is 4.20. The first-order valence-electron chi connectivity index (χ1n) is 7.42. The zero-order chi connectivity index (χ0) is 14.7. The van der Waals surface area contributed by atoms with Crippen molar-refractivity contribution in [3.05, 3.63) is 58.0 Å². The van der Waals surface area contributed by atoms with E-state index in [1.54, 1.807) is 0 Å². The minimum absolute atomic E-state index is 0.739. The van der Waals surface area contributed by atoms with Gasteiger partial charge in [-0.25, -0.2) is 0 Å². The first kappa shape index (κ1) is 14.8. The number of hydrogen-bond donors (Lipinski definition) is 1. The summed E-state index contributed by atoms with van der Waals surface area (Å²) in [5.41, 5.74) is 2.55. The number of nitrogens with zero attached hydrogens (tertiary/aromatic N) is 1. The molecule has 3 rings (SSSR count). The van der Waals surface area contributed by atoms with Crippen molar-refractivity contribution in [1.29, 1.82) is 0 Å². The van der Waals surface area contributed by atoms with Gasteiger partial charge >= 0.3 is 0 Å². The lowest BCUT2D eigenvalue weighted by Crippen LogP contribution is -2.17. The topological polar surface area (TPSA) is 28.4 Å². The van der Waals surface area contributed by atoms with Gasteiger partial charge in [0.2, 0.25) is 0 Å². The molecule has 1 saturated carbocycles. The minimum atomic E-state index is 0.739. The predicted molar refractivity (Wildman–Crippen MR) is 87.9 cm³/mol. The van der Waals surface area contributed by atoms with Gasteiger partial charge in [-0.05, 0) is 43.7 Å². The van der Waals surface area contributed by atoms with E-state index < -0.39 is 0 Å². The minimum Gasteiger partial charge on any atom is -0.468 e. The van der Waals surface area contributed by atoms with Gasteiger partial charge in [-0.2, -0.15) is 0 Å². The molecule has 0 atom stereocenters. The maximum atomic E-state index is 5.66. The van der Waals surface area contributed by atoms with E-state index in [2.05, 4.69) is 63.5 Å². The standard InChI is InChI=1S/C17H21BrN2O/c1-20(10-13-2-4-15(18)5-3-13)11-17-8-14(12-21-17)9-19-16-6-7-16/h2-5,8,12,16,19H,6-7,9-11H2,1H3. The van der Waals surface area contributed by atoms with Crippen LogP contribution >= 0.6 is 15.9 Å². The van der Waals surface area contributed by atoms with E-state index in [0.29, 0.717) is 0 Å². The van der Waals surface area contributed by atoms with Crippen LogP contribution in [0.25, 0.3) is 0 Å². The summed E-state index contributed by atoms with van der Waals surface area (Å²) in [5.74, 6) is 1.03. The summed E-state index contributed by atoms with van der Waals surface area (Å²) in [6, 6.07) is 11.4. The van der Waals surface area contributed by atoms with E-state index in [1.807, 2.05) is 6.26 Å². The predicted octanol–water partition coefficient (Wildman–Crippen LogP) is 3.93. The maximum absolute atomic E-state index is 5.66. The first-order chi connectivity index (χ1) is 10.2. The Balaban J connectivity index is 1.49. The molecule has 1 fully saturated rings. The van der Waals surface area contributed by atoms with Crippen molar-refractivity contribution < 1.29 is 4.42 Å². The fourth-order valence-electron chi connectivity index (χ4n) is 2.37. The molecular formula is C17H21BrN2O. The number of benzene rings is 1. The van der Waals surface area contributed by atoms with Gasteiger partial charge in [0.1, 0.15) is 5.76 Å². The number of furan rings is 1. The number of nitrogens with one attached hydrogen (secondary N) is 1. The average molecular weight is 349 g/mol. The zero-order valence-corrected chi connectivity index (χ0v) is 13.9. The molecule has 0 spiro atoms. The second-order valence-corrected chi connectivity index (χ2v) is 6.79. The van der Waals surface area contributed by atoms with Crippen LogP contribution in [0, 0.1) is 0 Å². The third-order valence-electron chi connectivity index (χ3n) is 3.67. The normalized spacial score (nSPS) is 14.8. The Hall–Kier alpha value is -1.10. The van der Waals surface area contributed by atoms with Crippen LogP contribution in [0.3, 0.4) is 0 Å². The van der Waals surface area contributed by atoms with Crippen LogP contribution < -0.4 is 5.32 Å². The van der Waals surface area contributed by atoms with Gasteiger partial charge in [0.25, 0.3) is 0 Å². The van der Waals surface area contributed by atoms with E-state index in [0.717, 1.165) is 35.9 Å². The van der Waals surface area contributed by atoms with Crippen LogP contribution in [0.2, 0.25) is 0 Å². The van der Waals surface area contributed by atoms with Crippen molar-refractivity contribution in [3.63, 3.8) is 0 Å². The molecule has 0 radical (unpaired) electrons. The Morgan fingerprint density at radius 3 is 2.67 bits per heavy atom. The highest BCUT2D eigenvalue weighted by molar-refractivity contribution is 9.10. The molecule has 3 nitrogen and oxygen atoms in total. The summed E-state index contributed by atoms with van der Waals surface area (Å²) in [6.45, 7) is 2.67. The highest BCUT2D eigenvalue weighted by atomic mass is 79.9. The second-order valence-electron chi connectivity index (χ2n) is 5.88. The van der Waals surface area contributed by atoms with Crippen LogP contribution in [-0.2, 0) is 19.6 Å². The average Bonchev–Trinajstić information content (AvgIpc) is 3.19. The molecule has 1 aromatic heterocycles. The molecule has 2 aromatic rings. The molecule has 112 valence electrons.